The van der Waals surface area contributed by atoms with Gasteiger partial charge in [-0.25, -0.2) is 8.42 Å². The fourth-order valence-corrected chi connectivity index (χ4v) is 3.76. The van der Waals surface area contributed by atoms with Gasteiger partial charge in [-0.3, -0.25) is 4.79 Å². The van der Waals surface area contributed by atoms with Crippen molar-refractivity contribution in [3.8, 4) is 0 Å². The molecule has 5 nitrogen and oxygen atoms in total. The number of benzene rings is 1. The number of carbonyl (C=O) groups is 1. The lowest BCUT2D eigenvalue weighted by Crippen LogP contribution is -2.40. The maximum Gasteiger partial charge on any atom is 0.321 e. The first-order valence-corrected chi connectivity index (χ1v) is 8.29. The van der Waals surface area contributed by atoms with E-state index in [1.165, 1.54) is 5.56 Å². The van der Waals surface area contributed by atoms with E-state index in [9.17, 15) is 13.2 Å². The molecular weight excluding hydrogens is 278 g/mol. The van der Waals surface area contributed by atoms with E-state index in [0.29, 0.717) is 0 Å². The van der Waals surface area contributed by atoms with Crippen LogP contribution in [0.1, 0.15) is 37.3 Å². The van der Waals surface area contributed by atoms with Gasteiger partial charge in [0.2, 0.25) is 10.0 Å². The average Bonchev–Trinajstić information content (AvgIpc) is 2.44. The number of aryl methyl sites for hydroxylation is 2. The van der Waals surface area contributed by atoms with Crippen molar-refractivity contribution in [3.05, 3.63) is 29.3 Å². The van der Waals surface area contributed by atoms with Gasteiger partial charge >= 0.3 is 5.97 Å². The molecule has 20 heavy (non-hydrogen) atoms. The van der Waals surface area contributed by atoms with Crippen LogP contribution in [0.5, 0.6) is 0 Å². The van der Waals surface area contributed by atoms with Crippen molar-refractivity contribution in [2.45, 2.75) is 50.0 Å². The van der Waals surface area contributed by atoms with E-state index >= 15 is 0 Å². The summed E-state index contributed by atoms with van der Waals surface area (Å²) in [5, 5.41) is 8.95. The molecule has 0 spiro atoms. The van der Waals surface area contributed by atoms with Gasteiger partial charge in [0.05, 0.1) is 4.90 Å². The van der Waals surface area contributed by atoms with Crippen molar-refractivity contribution in [3.63, 3.8) is 0 Å². The van der Waals surface area contributed by atoms with E-state index in [1.54, 1.807) is 19.1 Å². The Bertz CT molecular complexity index is 610. The van der Waals surface area contributed by atoms with Crippen LogP contribution in [0, 0.1) is 0 Å². The lowest BCUT2D eigenvalue weighted by Gasteiger charge is -2.18. The van der Waals surface area contributed by atoms with Gasteiger partial charge in [-0.1, -0.05) is 13.0 Å². The molecule has 1 aromatic carbocycles. The lowest BCUT2D eigenvalue weighted by atomic mass is 9.92. The Balaban J connectivity index is 2.27. The normalized spacial score (nSPS) is 16.4. The molecule has 0 aliphatic heterocycles. The molecule has 0 bridgehead atoms. The molecule has 2 N–H and O–H groups in total. The first-order chi connectivity index (χ1) is 9.44. The number of rotatable bonds is 5. The van der Waals surface area contributed by atoms with Gasteiger partial charge in [0.15, 0.2) is 0 Å². The Morgan fingerprint density at radius 3 is 2.55 bits per heavy atom. The third-order valence-corrected chi connectivity index (χ3v) is 5.10. The van der Waals surface area contributed by atoms with E-state index < -0.39 is 22.0 Å². The molecule has 0 radical (unpaired) electrons. The highest BCUT2D eigenvalue weighted by atomic mass is 32.2. The van der Waals surface area contributed by atoms with Crippen molar-refractivity contribution in [1.29, 1.82) is 0 Å². The summed E-state index contributed by atoms with van der Waals surface area (Å²) in [6, 6.07) is 3.98. The van der Waals surface area contributed by atoms with Crippen LogP contribution in [-0.2, 0) is 27.7 Å². The summed E-state index contributed by atoms with van der Waals surface area (Å²) in [4.78, 5) is 11.1. The number of hydrogen-bond donors (Lipinski definition) is 2. The van der Waals surface area contributed by atoms with Crippen molar-refractivity contribution in [2.24, 2.45) is 0 Å². The first-order valence-electron chi connectivity index (χ1n) is 6.81. The molecule has 0 aromatic heterocycles. The van der Waals surface area contributed by atoms with Crippen molar-refractivity contribution < 1.29 is 18.3 Å². The minimum Gasteiger partial charge on any atom is -0.480 e. The van der Waals surface area contributed by atoms with Crippen LogP contribution in [0.4, 0.5) is 0 Å². The Morgan fingerprint density at radius 2 is 1.95 bits per heavy atom. The fraction of sp³-hybridized carbons (Fsp3) is 0.500. The van der Waals surface area contributed by atoms with E-state index in [0.717, 1.165) is 31.2 Å². The summed E-state index contributed by atoms with van der Waals surface area (Å²) in [6.07, 6.45) is 4.27. The molecule has 0 saturated carbocycles. The zero-order chi connectivity index (χ0) is 14.8. The molecule has 0 fully saturated rings. The molecule has 0 unspecified atom stereocenters. The maximum absolute atomic E-state index is 12.2. The number of carboxylic acids is 1. The molecule has 110 valence electrons. The van der Waals surface area contributed by atoms with Crippen molar-refractivity contribution >= 4 is 16.0 Å². The van der Waals surface area contributed by atoms with Crippen molar-refractivity contribution in [2.75, 3.05) is 0 Å². The first kappa shape index (κ1) is 15.0. The second-order valence-corrected chi connectivity index (χ2v) is 6.77. The van der Waals surface area contributed by atoms with Crippen LogP contribution in [0.2, 0.25) is 0 Å². The predicted octanol–water partition coefficient (Wildman–Crippen LogP) is 1.71. The van der Waals surface area contributed by atoms with Gasteiger partial charge in [0.1, 0.15) is 6.04 Å². The molecule has 1 aliphatic rings. The second kappa shape index (κ2) is 5.93. The van der Waals surface area contributed by atoms with Crippen LogP contribution in [0.15, 0.2) is 23.1 Å². The summed E-state index contributed by atoms with van der Waals surface area (Å²) in [6.45, 7) is 1.63. The number of aliphatic carboxylic acids is 1. The average molecular weight is 297 g/mol. The van der Waals surface area contributed by atoms with Crippen LogP contribution in [-0.4, -0.2) is 25.5 Å². The van der Waals surface area contributed by atoms with E-state index in [4.69, 9.17) is 5.11 Å². The van der Waals surface area contributed by atoms with Crippen LogP contribution < -0.4 is 4.72 Å². The van der Waals surface area contributed by atoms with Crippen LogP contribution >= 0.6 is 0 Å². The van der Waals surface area contributed by atoms with Gasteiger partial charge in [0.25, 0.3) is 0 Å². The van der Waals surface area contributed by atoms with E-state index in [-0.39, 0.29) is 11.3 Å². The van der Waals surface area contributed by atoms with Gasteiger partial charge in [-0.2, -0.15) is 4.72 Å². The predicted molar refractivity (Wildman–Crippen MR) is 75.1 cm³/mol. The number of sulfonamides is 1. The SMILES string of the molecule is CC[C@H](NS(=O)(=O)c1ccc2c(c1)CCCC2)C(=O)O. The highest BCUT2D eigenvalue weighted by molar-refractivity contribution is 7.89. The standard InChI is InChI=1S/C14H19NO4S/c1-2-13(14(16)17)15-20(18,19)12-8-7-10-5-3-4-6-11(10)9-12/h7-9,13,15H,2-6H2,1H3,(H,16,17)/t13-/m0/s1. The zero-order valence-electron chi connectivity index (χ0n) is 11.4. The third kappa shape index (κ3) is 3.19. The number of nitrogens with one attached hydrogen (secondary N) is 1. The van der Waals surface area contributed by atoms with Crippen LogP contribution in [0.25, 0.3) is 0 Å². The summed E-state index contributed by atoms with van der Waals surface area (Å²) in [5.41, 5.74) is 2.25. The Hall–Kier alpha value is -1.40. The monoisotopic (exact) mass is 297 g/mol. The highest BCUT2D eigenvalue weighted by Crippen LogP contribution is 2.24. The molecule has 1 aromatic rings. The number of fused-ring (bicyclic) bond motifs is 1. The van der Waals surface area contributed by atoms with Gasteiger partial charge in [-0.15, -0.1) is 0 Å². The maximum atomic E-state index is 12.2. The Kier molecular flexibility index (Phi) is 4.45. The third-order valence-electron chi connectivity index (χ3n) is 3.63. The second-order valence-electron chi connectivity index (χ2n) is 5.06. The topological polar surface area (TPSA) is 83.5 Å². The fourth-order valence-electron chi connectivity index (χ4n) is 2.44. The smallest absolute Gasteiger partial charge is 0.321 e. The van der Waals surface area contributed by atoms with Crippen molar-refractivity contribution in [1.82, 2.24) is 4.72 Å². The van der Waals surface area contributed by atoms with Gasteiger partial charge in [0, 0.05) is 0 Å². The molecule has 6 heteroatoms. The van der Waals surface area contributed by atoms with Gasteiger partial charge in [-0.05, 0) is 55.4 Å². The lowest BCUT2D eigenvalue weighted by molar-refractivity contribution is -0.139. The molecule has 1 atom stereocenters. The minimum absolute atomic E-state index is 0.151. The number of hydrogen-bond acceptors (Lipinski definition) is 3. The summed E-state index contributed by atoms with van der Waals surface area (Å²) < 4.78 is 26.7. The van der Waals surface area contributed by atoms with E-state index in [1.807, 2.05) is 6.07 Å². The van der Waals surface area contributed by atoms with Gasteiger partial charge < -0.3 is 5.11 Å². The molecule has 2 rings (SSSR count). The molecular formula is C14H19NO4S. The largest absolute Gasteiger partial charge is 0.480 e. The van der Waals surface area contributed by atoms with Crippen LogP contribution in [0.3, 0.4) is 0 Å². The highest BCUT2D eigenvalue weighted by Gasteiger charge is 2.24. The molecule has 0 heterocycles. The number of carboxylic acid groups (broad SMARTS) is 1. The zero-order valence-corrected chi connectivity index (χ0v) is 12.2. The van der Waals surface area contributed by atoms with E-state index in [2.05, 4.69) is 4.72 Å². The summed E-state index contributed by atoms with van der Waals surface area (Å²) in [7, 11) is -3.78. The summed E-state index contributed by atoms with van der Waals surface area (Å²) >= 11 is 0. The Morgan fingerprint density at radius 1 is 1.30 bits per heavy atom. The minimum atomic E-state index is -3.78. The Labute approximate surface area is 119 Å². The molecule has 1 aliphatic carbocycles. The quantitative estimate of drug-likeness (QED) is 0.866. The molecule has 0 amide bonds. The molecule has 0 saturated heterocycles. The summed E-state index contributed by atoms with van der Waals surface area (Å²) in [5.74, 6) is -1.16.